The first kappa shape index (κ1) is 25.8. The van der Waals surface area contributed by atoms with Crippen molar-refractivity contribution >= 4 is 11.9 Å². The van der Waals surface area contributed by atoms with Crippen LogP contribution in [0.4, 0.5) is 4.39 Å². The smallest absolute Gasteiger partial charge is 0.305 e. The number of aromatic nitrogens is 2. The number of carbonyl (C=O) groups excluding carboxylic acids is 1. The van der Waals surface area contributed by atoms with E-state index in [2.05, 4.69) is 10.4 Å². The van der Waals surface area contributed by atoms with E-state index in [-0.39, 0.29) is 30.5 Å². The number of aliphatic hydroxyl groups is 2. The number of carboxylic acids is 1. The Bertz CT molecular complexity index is 985. The van der Waals surface area contributed by atoms with Crippen LogP contribution in [0.5, 0.6) is 0 Å². The lowest BCUT2D eigenvalue weighted by molar-refractivity contribution is -0.139. The Balaban J connectivity index is 1.87. The highest BCUT2D eigenvalue weighted by atomic mass is 19.1. The first-order valence-electron chi connectivity index (χ1n) is 11.9. The van der Waals surface area contributed by atoms with Crippen LogP contribution in [0.15, 0.2) is 24.3 Å². The van der Waals surface area contributed by atoms with Crippen molar-refractivity contribution in [2.75, 3.05) is 6.54 Å². The number of hydrogen-bond donors (Lipinski definition) is 4. The van der Waals surface area contributed by atoms with E-state index in [9.17, 15) is 24.2 Å². The molecule has 1 aromatic heterocycles. The lowest BCUT2D eigenvalue weighted by atomic mass is 9.85. The van der Waals surface area contributed by atoms with Gasteiger partial charge in [-0.05, 0) is 68.2 Å². The van der Waals surface area contributed by atoms with Gasteiger partial charge in [-0.2, -0.15) is 5.10 Å². The molecule has 0 radical (unpaired) electrons. The normalized spacial score (nSPS) is 15.7. The molecule has 0 spiro atoms. The van der Waals surface area contributed by atoms with Gasteiger partial charge in [0, 0.05) is 17.8 Å². The van der Waals surface area contributed by atoms with Crippen LogP contribution in [-0.4, -0.2) is 55.7 Å². The second-order valence-electron chi connectivity index (χ2n) is 9.44. The summed E-state index contributed by atoms with van der Waals surface area (Å²) in [6, 6.07) is 5.81. The van der Waals surface area contributed by atoms with Crippen LogP contribution in [0.3, 0.4) is 0 Å². The number of carboxylic acid groups (broad SMARTS) is 1. The first-order valence-corrected chi connectivity index (χ1v) is 11.9. The van der Waals surface area contributed by atoms with E-state index in [1.165, 1.54) is 18.6 Å². The van der Waals surface area contributed by atoms with Crippen LogP contribution in [0, 0.1) is 11.7 Å². The maximum absolute atomic E-state index is 13.5. The molecule has 0 saturated heterocycles. The van der Waals surface area contributed by atoms with Crippen molar-refractivity contribution in [3.05, 3.63) is 47.0 Å². The standard InChI is InChI=1S/C25H34FN3O5/c1-15(2)23-21(11-10-19(30)12-20(31)13-22(32)33)29(18-8-6-17(26)7-9-18)28-24(23)25(34)27-14-16-4-3-5-16/h6-9,15-16,19-20,30-31H,3-5,10-14H2,1-2H3,(H,27,34)(H,32,33). The highest BCUT2D eigenvalue weighted by Crippen LogP contribution is 2.29. The molecule has 1 heterocycles. The Morgan fingerprint density at radius 1 is 1.18 bits per heavy atom. The van der Waals surface area contributed by atoms with Crippen LogP contribution in [0.1, 0.15) is 80.0 Å². The zero-order valence-corrected chi connectivity index (χ0v) is 19.7. The summed E-state index contributed by atoms with van der Waals surface area (Å²) in [6.45, 7) is 4.53. The van der Waals surface area contributed by atoms with E-state index < -0.39 is 24.6 Å². The lowest BCUT2D eigenvalue weighted by Crippen LogP contribution is -2.33. The predicted octanol–water partition coefficient (Wildman–Crippen LogP) is 3.18. The molecule has 34 heavy (non-hydrogen) atoms. The van der Waals surface area contributed by atoms with Gasteiger partial charge in [-0.1, -0.05) is 20.3 Å². The van der Waals surface area contributed by atoms with Crippen LogP contribution >= 0.6 is 0 Å². The summed E-state index contributed by atoms with van der Waals surface area (Å²) in [4.78, 5) is 23.8. The maximum atomic E-state index is 13.5. The van der Waals surface area contributed by atoms with E-state index >= 15 is 0 Å². The number of nitrogens with one attached hydrogen (secondary N) is 1. The van der Waals surface area contributed by atoms with Crippen molar-refractivity contribution in [3.8, 4) is 5.69 Å². The molecule has 4 N–H and O–H groups in total. The van der Waals surface area contributed by atoms with Gasteiger partial charge in [0.2, 0.25) is 0 Å². The number of rotatable bonds is 12. The predicted molar refractivity (Wildman–Crippen MR) is 124 cm³/mol. The fourth-order valence-electron chi connectivity index (χ4n) is 4.31. The second kappa shape index (κ2) is 11.6. The molecular weight excluding hydrogens is 441 g/mol. The first-order chi connectivity index (χ1) is 16.2. The van der Waals surface area contributed by atoms with Gasteiger partial charge in [0.1, 0.15) is 5.82 Å². The number of halogens is 1. The molecule has 0 aliphatic heterocycles. The monoisotopic (exact) mass is 475 g/mol. The maximum Gasteiger partial charge on any atom is 0.305 e. The Morgan fingerprint density at radius 3 is 2.41 bits per heavy atom. The third kappa shape index (κ3) is 6.64. The quantitative estimate of drug-likeness (QED) is 0.374. The van der Waals surface area contributed by atoms with Gasteiger partial charge in [-0.3, -0.25) is 9.59 Å². The molecular formula is C25H34FN3O5. The van der Waals surface area contributed by atoms with Gasteiger partial charge in [0.05, 0.1) is 24.3 Å². The summed E-state index contributed by atoms with van der Waals surface area (Å²) in [7, 11) is 0. The number of benzene rings is 1. The molecule has 186 valence electrons. The van der Waals surface area contributed by atoms with Gasteiger partial charge in [-0.25, -0.2) is 9.07 Å². The molecule has 9 heteroatoms. The van der Waals surface area contributed by atoms with Crippen molar-refractivity contribution < 1.29 is 29.3 Å². The molecule has 1 aliphatic rings. The minimum absolute atomic E-state index is 0.0385. The van der Waals surface area contributed by atoms with Crippen molar-refractivity contribution in [1.29, 1.82) is 0 Å². The lowest BCUT2D eigenvalue weighted by Gasteiger charge is -2.25. The minimum Gasteiger partial charge on any atom is -0.481 e. The number of aliphatic hydroxyl groups excluding tert-OH is 2. The molecule has 2 unspecified atom stereocenters. The average molecular weight is 476 g/mol. The Hall–Kier alpha value is -2.78. The number of nitrogens with zero attached hydrogens (tertiary/aromatic N) is 2. The minimum atomic E-state index is -1.15. The third-order valence-electron chi connectivity index (χ3n) is 6.33. The molecule has 1 aliphatic carbocycles. The molecule has 2 atom stereocenters. The van der Waals surface area contributed by atoms with Crippen molar-refractivity contribution in [2.24, 2.45) is 5.92 Å². The molecule has 3 rings (SSSR count). The average Bonchev–Trinajstić information content (AvgIpc) is 3.10. The number of aliphatic carboxylic acids is 1. The topological polar surface area (TPSA) is 125 Å². The second-order valence-corrected chi connectivity index (χ2v) is 9.44. The van der Waals surface area contributed by atoms with Gasteiger partial charge in [0.25, 0.3) is 5.91 Å². The van der Waals surface area contributed by atoms with E-state index in [1.54, 1.807) is 16.8 Å². The summed E-state index contributed by atoms with van der Waals surface area (Å²) in [5.74, 6) is -1.31. The largest absolute Gasteiger partial charge is 0.481 e. The van der Waals surface area contributed by atoms with Gasteiger partial charge in [-0.15, -0.1) is 0 Å². The van der Waals surface area contributed by atoms with Crippen molar-refractivity contribution in [2.45, 2.75) is 76.9 Å². The molecule has 8 nitrogen and oxygen atoms in total. The van der Waals surface area contributed by atoms with E-state index in [1.807, 2.05) is 13.8 Å². The molecule has 1 fully saturated rings. The molecule has 1 amide bonds. The van der Waals surface area contributed by atoms with Crippen molar-refractivity contribution in [3.63, 3.8) is 0 Å². The molecule has 1 saturated carbocycles. The van der Waals surface area contributed by atoms with Crippen LogP contribution < -0.4 is 5.32 Å². The zero-order valence-electron chi connectivity index (χ0n) is 19.7. The van der Waals surface area contributed by atoms with Crippen molar-refractivity contribution in [1.82, 2.24) is 15.1 Å². The zero-order chi connectivity index (χ0) is 24.8. The Kier molecular flexibility index (Phi) is 8.79. The fraction of sp³-hybridized carbons (Fsp3) is 0.560. The summed E-state index contributed by atoms with van der Waals surface area (Å²) in [6.07, 6.45) is 1.41. The highest BCUT2D eigenvalue weighted by molar-refractivity contribution is 5.94. The van der Waals surface area contributed by atoms with Gasteiger partial charge >= 0.3 is 5.97 Å². The van der Waals surface area contributed by atoms with Gasteiger partial charge < -0.3 is 20.6 Å². The summed E-state index contributed by atoms with van der Waals surface area (Å²) in [5, 5.41) is 36.7. The van der Waals surface area contributed by atoms with Crippen LogP contribution in [0.25, 0.3) is 5.69 Å². The van der Waals surface area contributed by atoms with E-state index in [0.717, 1.165) is 24.1 Å². The summed E-state index contributed by atoms with van der Waals surface area (Å²) < 4.78 is 15.2. The van der Waals surface area contributed by atoms with Crippen LogP contribution in [0.2, 0.25) is 0 Å². The number of amides is 1. The Labute approximate surface area is 198 Å². The molecule has 1 aromatic carbocycles. The number of carbonyl (C=O) groups is 2. The molecule has 0 bridgehead atoms. The van der Waals surface area contributed by atoms with Gasteiger partial charge in [0.15, 0.2) is 5.69 Å². The Morgan fingerprint density at radius 2 is 1.85 bits per heavy atom. The number of hydrogen-bond acceptors (Lipinski definition) is 5. The summed E-state index contributed by atoms with van der Waals surface area (Å²) >= 11 is 0. The van der Waals surface area contributed by atoms with Crippen LogP contribution in [-0.2, 0) is 11.2 Å². The molecule has 2 aromatic rings. The van der Waals surface area contributed by atoms with E-state index in [0.29, 0.717) is 30.3 Å². The summed E-state index contributed by atoms with van der Waals surface area (Å²) in [5.41, 5.74) is 2.39. The highest BCUT2D eigenvalue weighted by Gasteiger charge is 2.27. The van der Waals surface area contributed by atoms with E-state index in [4.69, 9.17) is 5.11 Å². The third-order valence-corrected chi connectivity index (χ3v) is 6.33. The SMILES string of the molecule is CC(C)c1c(C(=O)NCC2CCC2)nn(-c2ccc(F)cc2)c1CCC(O)CC(O)CC(=O)O. The fourth-order valence-corrected chi connectivity index (χ4v) is 4.31.